The summed E-state index contributed by atoms with van der Waals surface area (Å²) in [5.74, 6) is -2.69. The molecule has 0 saturated carbocycles. The lowest BCUT2D eigenvalue weighted by Crippen LogP contribution is -2.15. The van der Waals surface area contributed by atoms with E-state index in [1.807, 2.05) is 0 Å². The van der Waals surface area contributed by atoms with Gasteiger partial charge in [-0.15, -0.1) is 6.54 Å². The Labute approximate surface area is 196 Å². The smallest absolute Gasteiger partial charge is 0.344 e. The van der Waals surface area contributed by atoms with Crippen molar-refractivity contribution in [2.75, 3.05) is 19.9 Å². The van der Waals surface area contributed by atoms with Crippen LogP contribution >= 0.6 is 0 Å². The van der Waals surface area contributed by atoms with Gasteiger partial charge < -0.3 is 36.3 Å². The minimum absolute atomic E-state index is 0.00395. The third kappa shape index (κ3) is 8.21. The van der Waals surface area contributed by atoms with Gasteiger partial charge in [-0.2, -0.15) is 6.42 Å². The van der Waals surface area contributed by atoms with Crippen LogP contribution in [0, 0.1) is 6.92 Å². The van der Waals surface area contributed by atoms with Crippen molar-refractivity contribution in [3.63, 3.8) is 0 Å². The molecule has 2 aromatic rings. The zero-order chi connectivity index (χ0) is 24.9. The maximum absolute atomic E-state index is 12.4. The van der Waals surface area contributed by atoms with E-state index in [0.29, 0.717) is 19.4 Å². The van der Waals surface area contributed by atoms with Gasteiger partial charge >= 0.3 is 23.9 Å². The SMILES string of the molecule is [CH2-]CCCOc1ccc(C(=O)OCOC(=O)c2ccccc2OC(C)=O)cc1OC(=O)CC[NH-]. The maximum atomic E-state index is 12.4. The summed E-state index contributed by atoms with van der Waals surface area (Å²) in [7, 11) is 0. The number of hydrogen-bond acceptors (Lipinski definition) is 9. The Kier molecular flexibility index (Phi) is 10.5. The number of nitrogens with one attached hydrogen (secondary N) is 1. The highest BCUT2D eigenvalue weighted by Crippen LogP contribution is 2.29. The van der Waals surface area contributed by atoms with Crippen LogP contribution in [0.25, 0.3) is 5.73 Å². The number of unbranched alkanes of at least 4 members (excludes halogenated alkanes) is 1. The molecule has 0 aliphatic heterocycles. The molecule has 0 radical (unpaired) electrons. The zero-order valence-electron chi connectivity index (χ0n) is 18.7. The van der Waals surface area contributed by atoms with Crippen molar-refractivity contribution in [3.05, 3.63) is 66.2 Å². The van der Waals surface area contributed by atoms with Crippen LogP contribution in [-0.2, 0) is 19.1 Å². The summed E-state index contributed by atoms with van der Waals surface area (Å²) < 4.78 is 25.7. The van der Waals surface area contributed by atoms with Crippen LogP contribution in [0.5, 0.6) is 17.2 Å². The van der Waals surface area contributed by atoms with Crippen LogP contribution in [0.3, 0.4) is 0 Å². The number of esters is 4. The zero-order valence-corrected chi connectivity index (χ0v) is 18.7. The molecule has 0 saturated heterocycles. The molecule has 0 heterocycles. The Morgan fingerprint density at radius 2 is 1.65 bits per heavy atom. The summed E-state index contributed by atoms with van der Waals surface area (Å²) in [5, 5.41) is 0. The molecule has 10 heteroatoms. The Bertz CT molecular complexity index is 1020. The number of carbonyl (C=O) groups excluding carboxylic acids is 4. The van der Waals surface area contributed by atoms with Crippen molar-refractivity contribution >= 4 is 23.9 Å². The highest BCUT2D eigenvalue weighted by atomic mass is 16.7. The Balaban J connectivity index is 2.04. The van der Waals surface area contributed by atoms with Gasteiger partial charge in [0.25, 0.3) is 0 Å². The lowest BCUT2D eigenvalue weighted by molar-refractivity contribution is -0.134. The first-order chi connectivity index (χ1) is 16.3. The van der Waals surface area contributed by atoms with E-state index in [1.54, 1.807) is 12.1 Å². The van der Waals surface area contributed by atoms with Crippen LogP contribution < -0.4 is 14.2 Å². The third-order valence-electron chi connectivity index (χ3n) is 4.12. The standard InChI is InChI=1S/C24H25NO9/c1-3-4-13-30-20-10-9-17(14-21(20)34-22(27)11-12-25)23(28)31-15-32-24(29)18-7-5-6-8-19(18)33-16(2)26/h5-10,14,25H,1,3-4,11-13,15H2,2H3/q-2. The second kappa shape index (κ2) is 13.6. The van der Waals surface area contributed by atoms with Crippen LogP contribution in [0.2, 0.25) is 0 Å². The fourth-order valence-corrected chi connectivity index (χ4v) is 2.57. The van der Waals surface area contributed by atoms with Gasteiger partial charge in [0.2, 0.25) is 6.79 Å². The van der Waals surface area contributed by atoms with Gasteiger partial charge in [-0.1, -0.05) is 12.1 Å². The quantitative estimate of drug-likeness (QED) is 0.148. The number of rotatable bonds is 12. The van der Waals surface area contributed by atoms with Crippen LogP contribution in [0.15, 0.2) is 42.5 Å². The van der Waals surface area contributed by atoms with E-state index in [4.69, 9.17) is 29.4 Å². The summed E-state index contributed by atoms with van der Waals surface area (Å²) >= 11 is 0. The van der Waals surface area contributed by atoms with E-state index in [1.165, 1.54) is 37.3 Å². The van der Waals surface area contributed by atoms with Crippen LogP contribution in [0.1, 0.15) is 46.9 Å². The van der Waals surface area contributed by atoms with Gasteiger partial charge in [-0.05, 0) is 36.8 Å². The summed E-state index contributed by atoms with van der Waals surface area (Å²) in [4.78, 5) is 47.7. The van der Waals surface area contributed by atoms with Gasteiger partial charge in [0.05, 0.1) is 12.2 Å². The summed E-state index contributed by atoms with van der Waals surface area (Å²) in [6, 6.07) is 10.1. The van der Waals surface area contributed by atoms with Gasteiger partial charge in [-0.3, -0.25) is 9.59 Å². The van der Waals surface area contributed by atoms with Gasteiger partial charge in [-0.25, -0.2) is 9.59 Å². The Hall–Kier alpha value is -3.92. The maximum Gasteiger partial charge on any atom is 0.344 e. The predicted molar refractivity (Wildman–Crippen MR) is 119 cm³/mol. The molecule has 1 N–H and O–H groups in total. The van der Waals surface area contributed by atoms with E-state index in [-0.39, 0.29) is 41.3 Å². The van der Waals surface area contributed by atoms with Crippen LogP contribution in [0.4, 0.5) is 0 Å². The molecule has 2 rings (SSSR count). The summed E-state index contributed by atoms with van der Waals surface area (Å²) in [6.45, 7) is 4.40. The highest BCUT2D eigenvalue weighted by molar-refractivity contribution is 5.94. The molecule has 182 valence electrons. The normalized spacial score (nSPS) is 10.2. The minimum atomic E-state index is -0.858. The van der Waals surface area contributed by atoms with E-state index in [9.17, 15) is 19.2 Å². The first-order valence-corrected chi connectivity index (χ1v) is 10.4. The largest absolute Gasteiger partial charge is 0.677 e. The molecule has 2 aromatic carbocycles. The van der Waals surface area contributed by atoms with Crippen molar-refractivity contribution in [1.82, 2.24) is 0 Å². The number of para-hydroxylation sites is 1. The number of ether oxygens (including phenoxy) is 5. The Morgan fingerprint density at radius 3 is 2.35 bits per heavy atom. The molecule has 34 heavy (non-hydrogen) atoms. The van der Waals surface area contributed by atoms with Gasteiger partial charge in [0.15, 0.2) is 11.5 Å². The Morgan fingerprint density at radius 1 is 0.912 bits per heavy atom. The second-order valence-electron chi connectivity index (χ2n) is 6.76. The molecule has 0 aliphatic carbocycles. The molecular weight excluding hydrogens is 446 g/mol. The first-order valence-electron chi connectivity index (χ1n) is 10.4. The molecule has 0 bridgehead atoms. The molecule has 0 aromatic heterocycles. The van der Waals surface area contributed by atoms with Crippen molar-refractivity contribution in [1.29, 1.82) is 0 Å². The third-order valence-corrected chi connectivity index (χ3v) is 4.12. The van der Waals surface area contributed by atoms with Crippen molar-refractivity contribution in [2.45, 2.75) is 26.2 Å². The molecule has 0 spiro atoms. The van der Waals surface area contributed by atoms with E-state index in [0.717, 1.165) is 0 Å². The van der Waals surface area contributed by atoms with Crippen molar-refractivity contribution < 1.29 is 42.9 Å². The highest BCUT2D eigenvalue weighted by Gasteiger charge is 2.18. The lowest BCUT2D eigenvalue weighted by Gasteiger charge is -2.14. The number of benzene rings is 2. The van der Waals surface area contributed by atoms with Gasteiger partial charge in [0, 0.05) is 13.3 Å². The molecule has 0 atom stereocenters. The molecular formula is C24H25NO9-2. The topological polar surface area (TPSA) is 138 Å². The predicted octanol–water partition coefficient (Wildman–Crippen LogP) is 3.92. The van der Waals surface area contributed by atoms with E-state index in [2.05, 4.69) is 6.92 Å². The first kappa shape index (κ1) is 26.3. The fourth-order valence-electron chi connectivity index (χ4n) is 2.57. The second-order valence-corrected chi connectivity index (χ2v) is 6.76. The number of carbonyl (C=O) groups is 4. The molecule has 0 amide bonds. The minimum Gasteiger partial charge on any atom is -0.677 e. The van der Waals surface area contributed by atoms with Gasteiger partial charge in [0.1, 0.15) is 11.3 Å². The van der Waals surface area contributed by atoms with Crippen LogP contribution in [-0.4, -0.2) is 43.8 Å². The van der Waals surface area contributed by atoms with Crippen molar-refractivity contribution in [2.24, 2.45) is 0 Å². The van der Waals surface area contributed by atoms with E-state index < -0.39 is 30.7 Å². The average Bonchev–Trinajstić information content (AvgIpc) is 2.80. The summed E-state index contributed by atoms with van der Waals surface area (Å²) in [6.07, 6.45) is 1.20. The number of hydrogen-bond donors (Lipinski definition) is 0. The monoisotopic (exact) mass is 471 g/mol. The summed E-state index contributed by atoms with van der Waals surface area (Å²) in [5.41, 5.74) is 7.15. The molecule has 0 unspecified atom stereocenters. The molecule has 0 fully saturated rings. The van der Waals surface area contributed by atoms with E-state index >= 15 is 0 Å². The fraction of sp³-hybridized carbons (Fsp3) is 0.292. The van der Waals surface area contributed by atoms with Crippen molar-refractivity contribution in [3.8, 4) is 17.2 Å². The molecule has 0 aliphatic rings. The average molecular weight is 471 g/mol. The molecule has 10 nitrogen and oxygen atoms in total. The lowest BCUT2D eigenvalue weighted by atomic mass is 10.2.